The van der Waals surface area contributed by atoms with Gasteiger partial charge in [0.15, 0.2) is 0 Å². The Balaban J connectivity index is 1.56. The average molecular weight is 439 g/mol. The van der Waals surface area contributed by atoms with Gasteiger partial charge in [0.25, 0.3) is 5.91 Å². The molecule has 1 N–H and O–H groups in total. The van der Waals surface area contributed by atoms with Gasteiger partial charge < -0.3 is 14.8 Å². The van der Waals surface area contributed by atoms with Crippen LogP contribution >= 0.6 is 11.3 Å². The number of carbonyl (C=O) groups excluding carboxylic acids is 1. The molecule has 0 radical (unpaired) electrons. The van der Waals surface area contributed by atoms with E-state index < -0.39 is 0 Å². The highest BCUT2D eigenvalue weighted by Crippen LogP contribution is 2.30. The van der Waals surface area contributed by atoms with Crippen LogP contribution in [0.15, 0.2) is 36.5 Å². The van der Waals surface area contributed by atoms with Crippen LogP contribution in [0.25, 0.3) is 10.6 Å². The Kier molecular flexibility index (Phi) is 6.58. The van der Waals surface area contributed by atoms with Crippen LogP contribution in [0.4, 0.5) is 0 Å². The highest BCUT2D eigenvalue weighted by atomic mass is 32.1. The number of hydrogen-bond donors (Lipinski definition) is 1. The topological polar surface area (TPSA) is 86.2 Å². The van der Waals surface area contributed by atoms with E-state index in [0.29, 0.717) is 36.1 Å². The van der Waals surface area contributed by atoms with Crippen molar-refractivity contribution in [2.75, 3.05) is 19.8 Å². The molecule has 0 aliphatic carbocycles. The summed E-state index contributed by atoms with van der Waals surface area (Å²) in [5.74, 6) is 0.840. The zero-order valence-corrected chi connectivity index (χ0v) is 18.7. The molecule has 162 valence electrons. The van der Waals surface area contributed by atoms with Crippen LogP contribution in [0.3, 0.4) is 0 Å². The fourth-order valence-corrected chi connectivity index (χ4v) is 4.10. The second-order valence-electron chi connectivity index (χ2n) is 7.86. The Morgan fingerprint density at radius 1 is 1.29 bits per heavy atom. The number of amides is 1. The number of nitrogens with zero attached hydrogens (tertiary/aromatic N) is 3. The van der Waals surface area contributed by atoms with Crippen LogP contribution in [-0.4, -0.2) is 40.9 Å². The molecule has 1 saturated heterocycles. The maximum Gasteiger partial charge on any atom is 0.251 e. The minimum Gasteiger partial charge on any atom is -0.493 e. The molecule has 1 fully saturated rings. The third-order valence-corrected chi connectivity index (χ3v) is 6.12. The Labute approximate surface area is 185 Å². The summed E-state index contributed by atoms with van der Waals surface area (Å²) in [7, 11) is 0. The number of aromatic nitrogens is 3. The number of nitrogens with one attached hydrogen (secondary N) is 1. The molecule has 8 heteroatoms. The predicted molar refractivity (Wildman–Crippen MR) is 119 cm³/mol. The summed E-state index contributed by atoms with van der Waals surface area (Å²) >= 11 is 1.59. The van der Waals surface area contributed by atoms with Crippen LogP contribution in [0, 0.1) is 19.8 Å². The summed E-state index contributed by atoms with van der Waals surface area (Å²) in [5, 5.41) is 12.1. The van der Waals surface area contributed by atoms with E-state index in [1.165, 1.54) is 0 Å². The Hall–Kier alpha value is -2.84. The van der Waals surface area contributed by atoms with Gasteiger partial charge in [0.1, 0.15) is 10.8 Å². The summed E-state index contributed by atoms with van der Waals surface area (Å²) in [4.78, 5) is 18.6. The molecule has 1 unspecified atom stereocenters. The second-order valence-corrected chi connectivity index (χ2v) is 9.09. The van der Waals surface area contributed by atoms with Gasteiger partial charge in [0, 0.05) is 34.7 Å². The van der Waals surface area contributed by atoms with Crippen molar-refractivity contribution in [2.24, 2.45) is 5.92 Å². The first-order valence-corrected chi connectivity index (χ1v) is 11.2. The number of benzene rings is 1. The molecule has 1 aromatic carbocycles. The van der Waals surface area contributed by atoms with Crippen LogP contribution in [0.1, 0.15) is 46.0 Å². The van der Waals surface area contributed by atoms with Crippen LogP contribution in [0.5, 0.6) is 5.75 Å². The molecular formula is C23H26N4O3S. The lowest BCUT2D eigenvalue weighted by Crippen LogP contribution is -2.27. The summed E-state index contributed by atoms with van der Waals surface area (Å²) in [6, 6.07) is 9.07. The molecular weight excluding hydrogens is 412 g/mol. The van der Waals surface area contributed by atoms with Gasteiger partial charge in [-0.25, -0.2) is 4.98 Å². The summed E-state index contributed by atoms with van der Waals surface area (Å²) in [5.41, 5.74) is 2.94. The number of aryl methyl sites for hydroxylation is 2. The fraction of sp³-hybridized carbons (Fsp3) is 0.391. The van der Waals surface area contributed by atoms with Crippen molar-refractivity contribution in [1.82, 2.24) is 20.5 Å². The minimum atomic E-state index is -0.272. The first-order chi connectivity index (χ1) is 15.0. The molecule has 1 aliphatic heterocycles. The fourth-order valence-electron chi connectivity index (χ4n) is 3.35. The van der Waals surface area contributed by atoms with E-state index in [1.54, 1.807) is 17.4 Å². The maximum absolute atomic E-state index is 13.0. The quantitative estimate of drug-likeness (QED) is 0.597. The van der Waals surface area contributed by atoms with Gasteiger partial charge in [-0.2, -0.15) is 10.2 Å². The summed E-state index contributed by atoms with van der Waals surface area (Å²) in [6.45, 7) is 7.85. The average Bonchev–Trinajstić information content (AvgIpc) is 3.44. The monoisotopic (exact) mass is 438 g/mol. The van der Waals surface area contributed by atoms with E-state index in [1.807, 2.05) is 51.2 Å². The highest BCUT2D eigenvalue weighted by molar-refractivity contribution is 7.14. The lowest BCUT2D eigenvalue weighted by Gasteiger charge is -2.15. The number of ether oxygens (including phenoxy) is 2. The van der Waals surface area contributed by atoms with Crippen molar-refractivity contribution < 1.29 is 14.3 Å². The van der Waals surface area contributed by atoms with Gasteiger partial charge in [-0.3, -0.25) is 4.79 Å². The minimum absolute atomic E-state index is 0.195. The molecule has 7 nitrogen and oxygen atoms in total. The smallest absolute Gasteiger partial charge is 0.251 e. The van der Waals surface area contributed by atoms with Gasteiger partial charge in [-0.05, 0) is 57.5 Å². The third-order valence-electron chi connectivity index (χ3n) is 5.16. The highest BCUT2D eigenvalue weighted by Gasteiger charge is 2.19. The van der Waals surface area contributed by atoms with Crippen LogP contribution in [-0.2, 0) is 4.74 Å². The molecule has 31 heavy (non-hydrogen) atoms. The molecule has 3 aromatic rings. The predicted octanol–water partition coefficient (Wildman–Crippen LogP) is 4.12. The van der Waals surface area contributed by atoms with Gasteiger partial charge >= 0.3 is 0 Å². The van der Waals surface area contributed by atoms with Gasteiger partial charge in [0.2, 0.25) is 0 Å². The molecule has 0 saturated carbocycles. The van der Waals surface area contributed by atoms with Crippen LogP contribution < -0.4 is 10.1 Å². The molecule has 1 aliphatic rings. The van der Waals surface area contributed by atoms with Crippen molar-refractivity contribution in [3.8, 4) is 16.3 Å². The van der Waals surface area contributed by atoms with E-state index in [0.717, 1.165) is 34.2 Å². The summed E-state index contributed by atoms with van der Waals surface area (Å²) < 4.78 is 11.5. The molecule has 2 atom stereocenters. The standard InChI is InChI=1S/C23H26N4O3S/c1-14-4-5-21(27-26-14)16(3)25-22(28)18-8-19(23-24-11-15(2)31-23)10-20(9-18)30-13-17-6-7-29-12-17/h4-5,8-11,16-17H,6-7,12-13H2,1-3H3,(H,25,28)/t16?,17-/m0/s1. The number of hydrogen-bond acceptors (Lipinski definition) is 7. The third kappa shape index (κ3) is 5.45. The van der Waals surface area contributed by atoms with Gasteiger partial charge in [-0.1, -0.05) is 0 Å². The van der Waals surface area contributed by atoms with Crippen LogP contribution in [0.2, 0.25) is 0 Å². The van der Waals surface area contributed by atoms with Crippen molar-refractivity contribution in [3.63, 3.8) is 0 Å². The Bertz CT molecular complexity index is 1050. The first-order valence-electron chi connectivity index (χ1n) is 10.4. The molecule has 4 rings (SSSR count). The number of carbonyl (C=O) groups is 1. The number of rotatable bonds is 7. The number of thiazole rings is 1. The molecule has 3 heterocycles. The van der Waals surface area contributed by atoms with E-state index >= 15 is 0 Å². The zero-order chi connectivity index (χ0) is 21.8. The normalized spacial score (nSPS) is 16.8. The van der Waals surface area contributed by atoms with Gasteiger partial charge in [-0.15, -0.1) is 11.3 Å². The van der Waals surface area contributed by atoms with E-state index in [2.05, 4.69) is 20.5 Å². The largest absolute Gasteiger partial charge is 0.493 e. The summed E-state index contributed by atoms with van der Waals surface area (Å²) in [6.07, 6.45) is 2.83. The van der Waals surface area contributed by atoms with Gasteiger partial charge in [0.05, 0.1) is 30.6 Å². The van der Waals surface area contributed by atoms with E-state index in [4.69, 9.17) is 9.47 Å². The SMILES string of the molecule is Cc1ccc(C(C)NC(=O)c2cc(OC[C@H]3CCOC3)cc(-c3ncc(C)s3)c2)nn1. The van der Waals surface area contributed by atoms with Crippen molar-refractivity contribution >= 4 is 17.2 Å². The van der Waals surface area contributed by atoms with E-state index in [9.17, 15) is 4.79 Å². The van der Waals surface area contributed by atoms with Crippen molar-refractivity contribution in [2.45, 2.75) is 33.2 Å². The maximum atomic E-state index is 13.0. The molecule has 0 spiro atoms. The van der Waals surface area contributed by atoms with E-state index in [-0.39, 0.29) is 11.9 Å². The van der Waals surface area contributed by atoms with Crippen molar-refractivity contribution in [3.05, 3.63) is 58.4 Å². The molecule has 2 aromatic heterocycles. The first kappa shape index (κ1) is 21.4. The Morgan fingerprint density at radius 2 is 2.16 bits per heavy atom. The Morgan fingerprint density at radius 3 is 2.84 bits per heavy atom. The zero-order valence-electron chi connectivity index (χ0n) is 17.9. The lowest BCUT2D eigenvalue weighted by atomic mass is 10.1. The molecule has 1 amide bonds. The second kappa shape index (κ2) is 9.53. The lowest BCUT2D eigenvalue weighted by molar-refractivity contribution is 0.0938. The van der Waals surface area contributed by atoms with Crippen molar-refractivity contribution in [1.29, 1.82) is 0 Å². The molecule has 0 bridgehead atoms.